The average Bonchev–Trinajstić information content (AvgIpc) is 2.87. The number of carbonyl (C=O) groups is 1. The van der Waals surface area contributed by atoms with Crippen molar-refractivity contribution in [2.24, 2.45) is 0 Å². The highest BCUT2D eigenvalue weighted by Crippen LogP contribution is 2.57. The summed E-state index contributed by atoms with van der Waals surface area (Å²) >= 11 is 0. The van der Waals surface area contributed by atoms with Crippen molar-refractivity contribution >= 4 is 5.97 Å². The molecule has 2 aliphatic heterocycles. The van der Waals surface area contributed by atoms with E-state index in [1.807, 2.05) is 19.1 Å². The molecule has 0 aliphatic carbocycles. The first-order valence-electron chi connectivity index (χ1n) is 8.18. The molecule has 3 aromatic carbocycles. The van der Waals surface area contributed by atoms with Crippen LogP contribution in [0.25, 0.3) is 0 Å². The van der Waals surface area contributed by atoms with Crippen LogP contribution in [0.5, 0.6) is 23.0 Å². The SMILES string of the molecule is Cc1ccc2c(c1)C1(OC2=O)c2ccc(O)cc2Oc2cc(O)ccc21. The molecular weight excluding hydrogens is 332 g/mol. The first-order chi connectivity index (χ1) is 12.5. The maximum atomic E-state index is 12.6. The quantitative estimate of drug-likeness (QED) is 0.602. The van der Waals surface area contributed by atoms with Crippen molar-refractivity contribution in [3.63, 3.8) is 0 Å². The van der Waals surface area contributed by atoms with Crippen LogP contribution in [0.15, 0.2) is 54.6 Å². The molecule has 0 amide bonds. The van der Waals surface area contributed by atoms with E-state index in [0.29, 0.717) is 28.2 Å². The van der Waals surface area contributed by atoms with E-state index in [2.05, 4.69) is 0 Å². The molecule has 0 radical (unpaired) electrons. The summed E-state index contributed by atoms with van der Waals surface area (Å²) in [4.78, 5) is 12.6. The van der Waals surface area contributed by atoms with Crippen LogP contribution >= 0.6 is 0 Å². The zero-order chi connectivity index (χ0) is 18.1. The second kappa shape index (κ2) is 4.79. The third kappa shape index (κ3) is 1.77. The fraction of sp³-hybridized carbons (Fsp3) is 0.0952. The molecular formula is C21H14O5. The lowest BCUT2D eigenvalue weighted by atomic mass is 9.77. The Kier molecular flexibility index (Phi) is 2.73. The van der Waals surface area contributed by atoms with Gasteiger partial charge in [-0.15, -0.1) is 0 Å². The largest absolute Gasteiger partial charge is 0.508 e. The molecule has 0 saturated heterocycles. The number of benzene rings is 3. The van der Waals surface area contributed by atoms with Crippen LogP contribution in [0.3, 0.4) is 0 Å². The number of ether oxygens (including phenoxy) is 2. The second-order valence-electron chi connectivity index (χ2n) is 6.58. The normalized spacial score (nSPS) is 15.7. The van der Waals surface area contributed by atoms with E-state index < -0.39 is 11.6 Å². The van der Waals surface area contributed by atoms with Gasteiger partial charge in [-0.1, -0.05) is 17.7 Å². The predicted molar refractivity (Wildman–Crippen MR) is 92.8 cm³/mol. The molecule has 2 heterocycles. The molecule has 5 heteroatoms. The van der Waals surface area contributed by atoms with E-state index in [-0.39, 0.29) is 11.5 Å². The van der Waals surface area contributed by atoms with E-state index in [4.69, 9.17) is 9.47 Å². The molecule has 128 valence electrons. The third-order valence-electron chi connectivity index (χ3n) is 4.93. The van der Waals surface area contributed by atoms with Crippen LogP contribution in [0.4, 0.5) is 0 Å². The summed E-state index contributed by atoms with van der Waals surface area (Å²) in [6.45, 7) is 1.95. The molecule has 26 heavy (non-hydrogen) atoms. The van der Waals surface area contributed by atoms with Gasteiger partial charge in [0.15, 0.2) is 5.60 Å². The monoisotopic (exact) mass is 346 g/mol. The Hall–Kier alpha value is -3.47. The average molecular weight is 346 g/mol. The summed E-state index contributed by atoms with van der Waals surface area (Å²) in [6, 6.07) is 15.0. The van der Waals surface area contributed by atoms with Gasteiger partial charge in [-0.2, -0.15) is 0 Å². The smallest absolute Gasteiger partial charge is 0.340 e. The van der Waals surface area contributed by atoms with Gasteiger partial charge in [-0.05, 0) is 37.3 Å². The molecule has 3 aromatic rings. The highest BCUT2D eigenvalue weighted by Gasteiger charge is 2.53. The fourth-order valence-corrected chi connectivity index (χ4v) is 3.81. The van der Waals surface area contributed by atoms with E-state index in [1.165, 1.54) is 24.3 Å². The molecule has 0 atom stereocenters. The number of hydrogen-bond acceptors (Lipinski definition) is 5. The Balaban J connectivity index is 1.92. The molecule has 5 rings (SSSR count). The fourth-order valence-electron chi connectivity index (χ4n) is 3.81. The molecule has 0 unspecified atom stereocenters. The number of aromatic hydroxyl groups is 2. The van der Waals surface area contributed by atoms with Crippen molar-refractivity contribution in [2.45, 2.75) is 12.5 Å². The summed E-state index contributed by atoms with van der Waals surface area (Å²) in [7, 11) is 0. The number of phenolic OH excluding ortho intramolecular Hbond substituents is 2. The van der Waals surface area contributed by atoms with Crippen molar-refractivity contribution < 1.29 is 24.5 Å². The van der Waals surface area contributed by atoms with Gasteiger partial charge in [0, 0.05) is 28.8 Å². The Morgan fingerprint density at radius 2 is 1.42 bits per heavy atom. The van der Waals surface area contributed by atoms with Crippen molar-refractivity contribution in [1.29, 1.82) is 0 Å². The number of fused-ring (bicyclic) bond motifs is 6. The van der Waals surface area contributed by atoms with Crippen LogP contribution < -0.4 is 4.74 Å². The molecule has 1 spiro atoms. The molecule has 0 bridgehead atoms. The summed E-state index contributed by atoms with van der Waals surface area (Å²) in [6.07, 6.45) is 0. The zero-order valence-electron chi connectivity index (χ0n) is 13.8. The van der Waals surface area contributed by atoms with Gasteiger partial charge >= 0.3 is 5.97 Å². The molecule has 0 aromatic heterocycles. The summed E-state index contributed by atoms with van der Waals surface area (Å²) in [5.41, 5.74) is 2.30. The van der Waals surface area contributed by atoms with Crippen LogP contribution in [-0.4, -0.2) is 16.2 Å². The molecule has 2 N–H and O–H groups in total. The molecule has 2 aliphatic rings. The maximum Gasteiger partial charge on any atom is 0.340 e. The van der Waals surface area contributed by atoms with Crippen molar-refractivity contribution in [1.82, 2.24) is 0 Å². The maximum absolute atomic E-state index is 12.6. The molecule has 5 nitrogen and oxygen atoms in total. The topological polar surface area (TPSA) is 76.0 Å². The Bertz CT molecular complexity index is 1050. The molecule has 0 fully saturated rings. The first-order valence-corrected chi connectivity index (χ1v) is 8.18. The lowest BCUT2D eigenvalue weighted by molar-refractivity contribution is 0.0224. The van der Waals surface area contributed by atoms with E-state index in [9.17, 15) is 15.0 Å². The zero-order valence-corrected chi connectivity index (χ0v) is 13.8. The Morgan fingerprint density at radius 3 is 2.04 bits per heavy atom. The van der Waals surface area contributed by atoms with Gasteiger partial charge in [-0.25, -0.2) is 4.79 Å². The Morgan fingerprint density at radius 1 is 0.808 bits per heavy atom. The summed E-state index contributed by atoms with van der Waals surface area (Å²) < 4.78 is 11.9. The second-order valence-corrected chi connectivity index (χ2v) is 6.58. The minimum Gasteiger partial charge on any atom is -0.508 e. The van der Waals surface area contributed by atoms with Crippen LogP contribution in [0.2, 0.25) is 0 Å². The number of aryl methyl sites for hydroxylation is 1. The van der Waals surface area contributed by atoms with Gasteiger partial charge in [-0.3, -0.25) is 0 Å². The van der Waals surface area contributed by atoms with Gasteiger partial charge < -0.3 is 19.7 Å². The summed E-state index contributed by atoms with van der Waals surface area (Å²) in [5, 5.41) is 19.8. The number of esters is 1. The highest BCUT2D eigenvalue weighted by molar-refractivity contribution is 5.97. The van der Waals surface area contributed by atoms with Gasteiger partial charge in [0.1, 0.15) is 23.0 Å². The summed E-state index contributed by atoms with van der Waals surface area (Å²) in [5.74, 6) is 0.419. The lowest BCUT2D eigenvalue weighted by Gasteiger charge is -2.36. The van der Waals surface area contributed by atoms with E-state index in [1.54, 1.807) is 18.2 Å². The van der Waals surface area contributed by atoms with Crippen LogP contribution in [0, 0.1) is 6.92 Å². The molecule has 0 saturated carbocycles. The number of carbonyl (C=O) groups excluding carboxylic acids is 1. The van der Waals surface area contributed by atoms with Gasteiger partial charge in [0.2, 0.25) is 0 Å². The van der Waals surface area contributed by atoms with Gasteiger partial charge in [0.05, 0.1) is 5.56 Å². The minimum absolute atomic E-state index is 0.0382. The highest BCUT2D eigenvalue weighted by atomic mass is 16.6. The predicted octanol–water partition coefficient (Wildman–Crippen LogP) is 3.97. The lowest BCUT2D eigenvalue weighted by Crippen LogP contribution is -2.33. The number of rotatable bonds is 0. The van der Waals surface area contributed by atoms with Crippen molar-refractivity contribution in [2.75, 3.05) is 0 Å². The van der Waals surface area contributed by atoms with Crippen LogP contribution in [-0.2, 0) is 10.3 Å². The number of phenols is 2. The van der Waals surface area contributed by atoms with E-state index in [0.717, 1.165) is 11.1 Å². The first kappa shape index (κ1) is 14.8. The third-order valence-corrected chi connectivity index (χ3v) is 4.93. The minimum atomic E-state index is -1.18. The standard InChI is InChI=1S/C21H14O5/c1-11-2-5-14-17(8-11)21(26-20(14)24)15-6-3-12(22)9-18(15)25-19-10-13(23)4-7-16(19)21/h2-10,22-23H,1H3. The Labute approximate surface area is 149 Å². The van der Waals surface area contributed by atoms with Crippen molar-refractivity contribution in [3.8, 4) is 23.0 Å². The van der Waals surface area contributed by atoms with E-state index >= 15 is 0 Å². The van der Waals surface area contributed by atoms with Gasteiger partial charge in [0.25, 0.3) is 0 Å². The van der Waals surface area contributed by atoms with Crippen molar-refractivity contribution in [3.05, 3.63) is 82.4 Å². The number of hydrogen-bond donors (Lipinski definition) is 2. The van der Waals surface area contributed by atoms with Crippen LogP contribution in [0.1, 0.15) is 32.6 Å².